The number of primary amides is 1. The van der Waals surface area contributed by atoms with Gasteiger partial charge in [-0.05, 0) is 37.8 Å². The number of carbonyl (C=O) groups excluding carboxylic acids is 1. The molecule has 1 unspecified atom stereocenters. The Morgan fingerprint density at radius 1 is 1.45 bits per heavy atom. The van der Waals surface area contributed by atoms with Crippen LogP contribution in [0, 0.1) is 0 Å². The fourth-order valence-electron chi connectivity index (χ4n) is 2.64. The highest BCUT2D eigenvalue weighted by atomic mass is 16.5. The van der Waals surface area contributed by atoms with E-state index in [9.17, 15) is 4.79 Å². The van der Waals surface area contributed by atoms with Gasteiger partial charge in [-0.1, -0.05) is 13.0 Å². The lowest BCUT2D eigenvalue weighted by Crippen LogP contribution is -2.48. The van der Waals surface area contributed by atoms with E-state index in [-0.39, 0.29) is 11.9 Å². The highest BCUT2D eigenvalue weighted by molar-refractivity contribution is 5.86. The molecule has 0 radical (unpaired) electrons. The number of carbonyl (C=O) groups is 1. The summed E-state index contributed by atoms with van der Waals surface area (Å²) in [6, 6.07) is 5.42. The Kier molecular flexibility index (Phi) is 4.71. The molecule has 1 aromatic rings. The Morgan fingerprint density at radius 2 is 2.25 bits per heavy atom. The molecule has 110 valence electrons. The van der Waals surface area contributed by atoms with Gasteiger partial charge in [0.05, 0.1) is 18.0 Å². The number of nitrogen functional groups attached to an aromatic ring is 1. The number of rotatable bonds is 5. The van der Waals surface area contributed by atoms with Crippen molar-refractivity contribution in [1.82, 2.24) is 0 Å². The molecule has 1 aromatic carbocycles. The zero-order valence-electron chi connectivity index (χ0n) is 12.0. The van der Waals surface area contributed by atoms with Gasteiger partial charge >= 0.3 is 0 Å². The first-order valence-corrected chi connectivity index (χ1v) is 7.22. The highest BCUT2D eigenvalue weighted by Crippen LogP contribution is 2.35. The van der Waals surface area contributed by atoms with Crippen molar-refractivity contribution in [2.75, 3.05) is 23.8 Å². The Labute approximate surface area is 119 Å². The Hall–Kier alpha value is -1.91. The maximum atomic E-state index is 11.6. The lowest BCUT2D eigenvalue weighted by molar-refractivity contribution is -0.119. The number of nitrogens with two attached hydrogens (primary N) is 2. The van der Waals surface area contributed by atoms with E-state index in [1.54, 1.807) is 0 Å². The van der Waals surface area contributed by atoms with Gasteiger partial charge in [0.25, 0.3) is 0 Å². The first kappa shape index (κ1) is 14.5. The fourth-order valence-corrected chi connectivity index (χ4v) is 2.64. The number of anilines is 2. The van der Waals surface area contributed by atoms with Gasteiger partial charge in [-0.25, -0.2) is 0 Å². The van der Waals surface area contributed by atoms with Crippen LogP contribution in [-0.2, 0) is 4.79 Å². The summed E-state index contributed by atoms with van der Waals surface area (Å²) in [5.41, 5.74) is 13.2. The van der Waals surface area contributed by atoms with Gasteiger partial charge in [-0.3, -0.25) is 4.79 Å². The largest absolute Gasteiger partial charge is 0.491 e. The van der Waals surface area contributed by atoms with Crippen molar-refractivity contribution in [3.05, 3.63) is 18.2 Å². The van der Waals surface area contributed by atoms with Crippen LogP contribution in [0.25, 0.3) is 0 Å². The molecule has 1 aliphatic rings. The van der Waals surface area contributed by atoms with E-state index >= 15 is 0 Å². The number of hydrogen-bond donors (Lipinski definition) is 2. The van der Waals surface area contributed by atoms with E-state index in [1.807, 2.05) is 30.0 Å². The average Bonchev–Trinajstić information content (AvgIpc) is 2.46. The van der Waals surface area contributed by atoms with E-state index in [2.05, 4.69) is 0 Å². The van der Waals surface area contributed by atoms with Crippen molar-refractivity contribution in [1.29, 1.82) is 0 Å². The number of hydrogen-bond acceptors (Lipinski definition) is 4. The van der Waals surface area contributed by atoms with Gasteiger partial charge in [0, 0.05) is 6.54 Å². The van der Waals surface area contributed by atoms with Crippen LogP contribution in [0.5, 0.6) is 5.75 Å². The number of benzene rings is 1. The minimum atomic E-state index is -0.288. The maximum absolute atomic E-state index is 11.6. The van der Waals surface area contributed by atoms with Crippen LogP contribution in [0.4, 0.5) is 11.4 Å². The van der Waals surface area contributed by atoms with Crippen molar-refractivity contribution < 1.29 is 9.53 Å². The molecule has 1 aliphatic heterocycles. The summed E-state index contributed by atoms with van der Waals surface area (Å²) in [5.74, 6) is 0.391. The summed E-state index contributed by atoms with van der Waals surface area (Å²) in [4.78, 5) is 13.6. The molecule has 1 fully saturated rings. The molecule has 0 aliphatic carbocycles. The molecule has 2 rings (SSSR count). The van der Waals surface area contributed by atoms with Crippen molar-refractivity contribution >= 4 is 17.3 Å². The zero-order chi connectivity index (χ0) is 14.5. The second-order valence-corrected chi connectivity index (χ2v) is 5.14. The predicted molar refractivity (Wildman–Crippen MR) is 80.8 cm³/mol. The molecule has 1 amide bonds. The minimum absolute atomic E-state index is 0.271. The van der Waals surface area contributed by atoms with Gasteiger partial charge in [0.15, 0.2) is 0 Å². The highest BCUT2D eigenvalue weighted by Gasteiger charge is 2.28. The smallest absolute Gasteiger partial charge is 0.240 e. The molecule has 0 aromatic heterocycles. The van der Waals surface area contributed by atoms with Crippen molar-refractivity contribution in [2.45, 2.75) is 38.6 Å². The summed E-state index contributed by atoms with van der Waals surface area (Å²) < 4.78 is 5.65. The molecule has 5 heteroatoms. The quantitative estimate of drug-likeness (QED) is 0.805. The molecule has 0 bridgehead atoms. The van der Waals surface area contributed by atoms with Crippen LogP contribution in [0.2, 0.25) is 0 Å². The molecular weight excluding hydrogens is 254 g/mol. The average molecular weight is 277 g/mol. The molecule has 0 saturated carbocycles. The molecule has 4 N–H and O–H groups in total. The van der Waals surface area contributed by atoms with E-state index in [0.717, 1.165) is 37.9 Å². The normalized spacial score (nSPS) is 18.9. The van der Waals surface area contributed by atoms with Crippen LogP contribution >= 0.6 is 0 Å². The van der Waals surface area contributed by atoms with Crippen LogP contribution in [0.1, 0.15) is 32.6 Å². The zero-order valence-corrected chi connectivity index (χ0v) is 12.0. The lowest BCUT2D eigenvalue weighted by Gasteiger charge is -2.36. The van der Waals surface area contributed by atoms with E-state index in [1.165, 1.54) is 0 Å². The monoisotopic (exact) mass is 277 g/mol. The van der Waals surface area contributed by atoms with E-state index in [4.69, 9.17) is 16.2 Å². The Morgan fingerprint density at radius 3 is 2.95 bits per heavy atom. The third kappa shape index (κ3) is 2.98. The minimum Gasteiger partial charge on any atom is -0.491 e. The third-order valence-corrected chi connectivity index (χ3v) is 3.65. The van der Waals surface area contributed by atoms with Gasteiger partial charge in [0.1, 0.15) is 11.8 Å². The number of para-hydroxylation sites is 1. The molecular formula is C15H23N3O2. The van der Waals surface area contributed by atoms with E-state index < -0.39 is 0 Å². The summed E-state index contributed by atoms with van der Waals surface area (Å²) >= 11 is 0. The first-order valence-electron chi connectivity index (χ1n) is 7.22. The summed E-state index contributed by atoms with van der Waals surface area (Å²) in [7, 11) is 0. The van der Waals surface area contributed by atoms with Crippen LogP contribution in [-0.4, -0.2) is 25.1 Å². The first-order chi connectivity index (χ1) is 9.65. The second-order valence-electron chi connectivity index (χ2n) is 5.14. The molecule has 1 saturated heterocycles. The SMILES string of the molecule is CCCOc1cccc(N2CCCCC2C(N)=O)c1N. The number of piperidine rings is 1. The fraction of sp³-hybridized carbons (Fsp3) is 0.533. The lowest BCUT2D eigenvalue weighted by atomic mass is 10.00. The maximum Gasteiger partial charge on any atom is 0.240 e. The summed E-state index contributed by atoms with van der Waals surface area (Å²) in [6.07, 6.45) is 3.78. The van der Waals surface area contributed by atoms with Crippen LogP contribution < -0.4 is 21.1 Å². The molecule has 1 heterocycles. The number of ether oxygens (including phenoxy) is 1. The molecule has 5 nitrogen and oxygen atoms in total. The predicted octanol–water partition coefficient (Wildman–Crippen LogP) is 1.90. The standard InChI is InChI=1S/C15H23N3O2/c1-2-10-20-13-8-5-7-11(14(13)16)18-9-4-3-6-12(18)15(17)19/h5,7-8,12H,2-4,6,9-10,16H2,1H3,(H2,17,19). The third-order valence-electron chi connectivity index (χ3n) is 3.65. The second kappa shape index (κ2) is 6.50. The topological polar surface area (TPSA) is 81.6 Å². The summed E-state index contributed by atoms with van der Waals surface area (Å²) in [5, 5.41) is 0. The molecule has 0 spiro atoms. The van der Waals surface area contributed by atoms with Gasteiger partial charge in [-0.15, -0.1) is 0 Å². The number of amides is 1. The van der Waals surface area contributed by atoms with Crippen LogP contribution in [0.3, 0.4) is 0 Å². The van der Waals surface area contributed by atoms with E-state index in [0.29, 0.717) is 18.0 Å². The molecule has 20 heavy (non-hydrogen) atoms. The molecule has 1 atom stereocenters. The van der Waals surface area contributed by atoms with Crippen LogP contribution in [0.15, 0.2) is 18.2 Å². The summed E-state index contributed by atoms with van der Waals surface area (Å²) in [6.45, 7) is 3.48. The van der Waals surface area contributed by atoms with Crippen molar-refractivity contribution in [3.63, 3.8) is 0 Å². The van der Waals surface area contributed by atoms with Gasteiger partial charge in [0.2, 0.25) is 5.91 Å². The number of nitrogens with zero attached hydrogens (tertiary/aromatic N) is 1. The van der Waals surface area contributed by atoms with Crippen molar-refractivity contribution in [3.8, 4) is 5.75 Å². The van der Waals surface area contributed by atoms with Gasteiger partial charge < -0.3 is 21.1 Å². The van der Waals surface area contributed by atoms with Gasteiger partial charge in [-0.2, -0.15) is 0 Å². The Balaban J connectivity index is 2.28. The van der Waals surface area contributed by atoms with Crippen molar-refractivity contribution in [2.24, 2.45) is 5.73 Å². The Bertz CT molecular complexity index is 476.